The Morgan fingerprint density at radius 1 is 1.15 bits per heavy atom. The van der Waals surface area contributed by atoms with Gasteiger partial charge in [0.15, 0.2) is 0 Å². The van der Waals surface area contributed by atoms with Gasteiger partial charge in [-0.1, -0.05) is 38.1 Å². The van der Waals surface area contributed by atoms with E-state index >= 15 is 0 Å². The largest absolute Gasteiger partial charge is 0.494 e. The van der Waals surface area contributed by atoms with E-state index in [1.807, 2.05) is 19.1 Å². The Hall–Kier alpha value is -1.32. The summed E-state index contributed by atoms with van der Waals surface area (Å²) in [6, 6.07) is 8.33. The van der Waals surface area contributed by atoms with Crippen LogP contribution in [0.2, 0.25) is 0 Å². The molecule has 0 saturated heterocycles. The maximum absolute atomic E-state index is 5.65. The molecule has 112 valence electrons. The van der Waals surface area contributed by atoms with Gasteiger partial charge in [-0.3, -0.25) is 0 Å². The first kappa shape index (κ1) is 16.7. The van der Waals surface area contributed by atoms with Crippen molar-refractivity contribution in [2.45, 2.75) is 39.5 Å². The van der Waals surface area contributed by atoms with E-state index in [-0.39, 0.29) is 0 Å². The lowest BCUT2D eigenvalue weighted by atomic mass is 9.99. The second kappa shape index (κ2) is 9.56. The van der Waals surface area contributed by atoms with Gasteiger partial charge in [-0.05, 0) is 37.0 Å². The molecule has 20 heavy (non-hydrogen) atoms. The van der Waals surface area contributed by atoms with Crippen LogP contribution < -0.4 is 4.74 Å². The average molecular weight is 278 g/mol. The Balaban J connectivity index is 2.14. The van der Waals surface area contributed by atoms with Crippen LogP contribution in [0.25, 0.3) is 0 Å². The molecule has 0 aliphatic carbocycles. The van der Waals surface area contributed by atoms with E-state index in [1.165, 1.54) is 5.56 Å². The highest BCUT2D eigenvalue weighted by Gasteiger charge is 2.02. The summed E-state index contributed by atoms with van der Waals surface area (Å²) < 4.78 is 5.65. The number of benzene rings is 1. The first-order valence-corrected chi connectivity index (χ1v) is 7.25. The fraction of sp³-hybridized carbons (Fsp3) is 0.529. The van der Waals surface area contributed by atoms with Gasteiger partial charge in [0, 0.05) is 6.42 Å². The molecule has 1 unspecified atom stereocenters. The lowest BCUT2D eigenvalue weighted by Crippen LogP contribution is -2.04. The van der Waals surface area contributed by atoms with Crippen molar-refractivity contribution in [1.29, 1.82) is 0 Å². The summed E-state index contributed by atoms with van der Waals surface area (Å²) in [5.41, 5.74) is 2.30. The molecule has 0 spiro atoms. The third-order valence-corrected chi connectivity index (χ3v) is 3.09. The monoisotopic (exact) mass is 278 g/mol. The Bertz CT molecular complexity index is 384. The van der Waals surface area contributed by atoms with E-state index in [9.17, 15) is 0 Å². The van der Waals surface area contributed by atoms with Crippen molar-refractivity contribution in [3.05, 3.63) is 42.0 Å². The molecular formula is C17H26O3. The van der Waals surface area contributed by atoms with E-state index in [1.54, 1.807) is 0 Å². The van der Waals surface area contributed by atoms with Crippen molar-refractivity contribution < 1.29 is 14.5 Å². The van der Waals surface area contributed by atoms with E-state index in [4.69, 9.17) is 14.5 Å². The van der Waals surface area contributed by atoms with Gasteiger partial charge in [0.25, 0.3) is 0 Å². The van der Waals surface area contributed by atoms with Crippen molar-refractivity contribution in [2.24, 2.45) is 0 Å². The Kier molecular flexibility index (Phi) is 8.00. The number of ether oxygens (including phenoxy) is 1. The van der Waals surface area contributed by atoms with Gasteiger partial charge in [0.1, 0.15) is 12.4 Å². The lowest BCUT2D eigenvalue weighted by Gasteiger charge is -2.10. The molecule has 0 heterocycles. The first-order valence-electron chi connectivity index (χ1n) is 7.25. The fourth-order valence-electron chi connectivity index (χ4n) is 1.64. The fourth-order valence-corrected chi connectivity index (χ4v) is 1.64. The van der Waals surface area contributed by atoms with Crippen LogP contribution in [0, 0.1) is 0 Å². The van der Waals surface area contributed by atoms with Crippen molar-refractivity contribution in [1.82, 2.24) is 0 Å². The van der Waals surface area contributed by atoms with Gasteiger partial charge in [-0.15, -0.1) is 0 Å². The van der Waals surface area contributed by atoms with Crippen LogP contribution >= 0.6 is 0 Å². The van der Waals surface area contributed by atoms with Gasteiger partial charge in [0.2, 0.25) is 0 Å². The van der Waals surface area contributed by atoms with Crippen molar-refractivity contribution in [3.63, 3.8) is 0 Å². The third-order valence-electron chi connectivity index (χ3n) is 3.09. The van der Waals surface area contributed by atoms with Crippen LogP contribution in [0.5, 0.6) is 5.75 Å². The summed E-state index contributed by atoms with van der Waals surface area (Å²) in [5, 5.41) is 0. The molecule has 0 saturated carbocycles. The summed E-state index contributed by atoms with van der Waals surface area (Å²) in [6.07, 6.45) is 1.95. The highest BCUT2D eigenvalue weighted by atomic mass is 17.2. The van der Waals surface area contributed by atoms with Crippen LogP contribution in [-0.2, 0) is 9.78 Å². The molecule has 0 aromatic heterocycles. The standard InChI is InChI=1S/C17H26O3/c1-5-15(4)16-7-9-17(10-8-16)18-11-6-12-19-20-13-14(2)3/h7-10,15H,2,5-6,11-13H2,1,3-4H3. The predicted molar refractivity (Wildman–Crippen MR) is 82.0 cm³/mol. The zero-order chi connectivity index (χ0) is 14.8. The zero-order valence-electron chi connectivity index (χ0n) is 12.9. The van der Waals surface area contributed by atoms with Gasteiger partial charge in [-0.2, -0.15) is 0 Å². The highest BCUT2D eigenvalue weighted by molar-refractivity contribution is 5.29. The molecule has 0 fully saturated rings. The molecule has 3 nitrogen and oxygen atoms in total. The molecule has 0 radical (unpaired) electrons. The topological polar surface area (TPSA) is 27.7 Å². The predicted octanol–water partition coefficient (Wildman–Crippen LogP) is 4.49. The molecule has 1 rings (SSSR count). The molecule has 3 heteroatoms. The van der Waals surface area contributed by atoms with Crippen LogP contribution in [0.4, 0.5) is 0 Å². The normalized spacial score (nSPS) is 12.2. The maximum Gasteiger partial charge on any atom is 0.119 e. The minimum absolute atomic E-state index is 0.442. The smallest absolute Gasteiger partial charge is 0.119 e. The molecular weight excluding hydrogens is 252 g/mol. The summed E-state index contributed by atoms with van der Waals surface area (Å²) in [5.74, 6) is 1.50. The Morgan fingerprint density at radius 3 is 2.45 bits per heavy atom. The molecule has 0 aliphatic rings. The highest BCUT2D eigenvalue weighted by Crippen LogP contribution is 2.21. The number of hydrogen-bond donors (Lipinski definition) is 0. The van der Waals surface area contributed by atoms with Gasteiger partial charge >= 0.3 is 0 Å². The van der Waals surface area contributed by atoms with Crippen molar-refractivity contribution in [3.8, 4) is 5.75 Å². The van der Waals surface area contributed by atoms with E-state index in [0.29, 0.717) is 25.7 Å². The Morgan fingerprint density at radius 2 is 1.85 bits per heavy atom. The van der Waals surface area contributed by atoms with E-state index in [2.05, 4.69) is 32.6 Å². The summed E-state index contributed by atoms with van der Waals surface area (Å²) >= 11 is 0. The van der Waals surface area contributed by atoms with Crippen LogP contribution in [-0.4, -0.2) is 19.8 Å². The minimum Gasteiger partial charge on any atom is -0.494 e. The molecule has 0 N–H and O–H groups in total. The molecule has 1 aromatic rings. The average Bonchev–Trinajstić information content (AvgIpc) is 2.45. The SMILES string of the molecule is C=C(C)COOCCCOc1ccc(C(C)CC)cc1. The molecule has 0 aliphatic heterocycles. The summed E-state index contributed by atoms with van der Waals surface area (Å²) in [6.45, 7) is 11.6. The lowest BCUT2D eigenvalue weighted by molar-refractivity contribution is -0.288. The second-order valence-electron chi connectivity index (χ2n) is 5.12. The summed E-state index contributed by atoms with van der Waals surface area (Å²) in [4.78, 5) is 9.95. The van der Waals surface area contributed by atoms with Crippen molar-refractivity contribution in [2.75, 3.05) is 19.8 Å². The molecule has 1 aromatic carbocycles. The third kappa shape index (κ3) is 6.73. The number of hydrogen-bond acceptors (Lipinski definition) is 3. The van der Waals surface area contributed by atoms with Crippen LogP contribution in [0.1, 0.15) is 45.1 Å². The van der Waals surface area contributed by atoms with Crippen LogP contribution in [0.15, 0.2) is 36.4 Å². The zero-order valence-corrected chi connectivity index (χ0v) is 12.9. The number of rotatable bonds is 10. The molecule has 1 atom stereocenters. The summed E-state index contributed by atoms with van der Waals surface area (Å²) in [7, 11) is 0. The van der Waals surface area contributed by atoms with Crippen LogP contribution in [0.3, 0.4) is 0 Å². The van der Waals surface area contributed by atoms with Gasteiger partial charge < -0.3 is 4.74 Å². The quantitative estimate of drug-likeness (QED) is 0.273. The minimum atomic E-state index is 0.442. The molecule has 0 bridgehead atoms. The first-order chi connectivity index (χ1) is 9.63. The Labute approximate surface area is 122 Å². The second-order valence-corrected chi connectivity index (χ2v) is 5.12. The maximum atomic E-state index is 5.65. The van der Waals surface area contributed by atoms with Gasteiger partial charge in [-0.25, -0.2) is 9.78 Å². The van der Waals surface area contributed by atoms with Gasteiger partial charge in [0.05, 0.1) is 13.2 Å². The van der Waals surface area contributed by atoms with E-state index < -0.39 is 0 Å². The molecule has 0 amide bonds. The van der Waals surface area contributed by atoms with Crippen molar-refractivity contribution >= 4 is 0 Å². The van der Waals surface area contributed by atoms with E-state index in [0.717, 1.165) is 24.2 Å².